The van der Waals surface area contributed by atoms with Gasteiger partial charge in [0.05, 0.1) is 24.1 Å². The van der Waals surface area contributed by atoms with Crippen LogP contribution in [0.1, 0.15) is 24.4 Å². The Hall–Kier alpha value is -2.57. The van der Waals surface area contributed by atoms with Crippen molar-refractivity contribution >= 4 is 10.9 Å². The van der Waals surface area contributed by atoms with E-state index in [-0.39, 0.29) is 5.56 Å². The molecule has 2 aliphatic rings. The van der Waals surface area contributed by atoms with Crippen molar-refractivity contribution in [3.8, 4) is 11.1 Å². The van der Waals surface area contributed by atoms with Crippen molar-refractivity contribution in [2.45, 2.75) is 38.5 Å². The minimum Gasteiger partial charge on any atom is -0.347 e. The van der Waals surface area contributed by atoms with E-state index in [0.717, 1.165) is 34.6 Å². The average molecular weight is 363 g/mol. The molecular weight excluding hydrogens is 342 g/mol. The number of aryl methyl sites for hydroxylation is 2. The highest BCUT2D eigenvalue weighted by atomic mass is 16.7. The largest absolute Gasteiger partial charge is 0.347 e. The highest BCUT2D eigenvalue weighted by Gasteiger charge is 2.38. The van der Waals surface area contributed by atoms with E-state index in [2.05, 4.69) is 4.98 Å². The molecule has 0 saturated carbocycles. The van der Waals surface area contributed by atoms with E-state index in [4.69, 9.17) is 14.5 Å². The van der Waals surface area contributed by atoms with Gasteiger partial charge in [-0.3, -0.25) is 14.3 Å². The Morgan fingerprint density at radius 2 is 1.89 bits per heavy atom. The fourth-order valence-corrected chi connectivity index (χ4v) is 4.09. The van der Waals surface area contributed by atoms with E-state index in [1.165, 1.54) is 0 Å². The van der Waals surface area contributed by atoms with Crippen molar-refractivity contribution in [3.05, 3.63) is 58.4 Å². The SMILES string of the molecule is Cc1cc(-c2ccc3c(=O)n4c(nc3c2)CCC2(CC4)OCCO2)ccn1. The molecule has 4 heterocycles. The fraction of sp³-hybridized carbons (Fsp3) is 0.381. The van der Waals surface area contributed by atoms with Crippen LogP contribution in [0.4, 0.5) is 0 Å². The summed E-state index contributed by atoms with van der Waals surface area (Å²) in [6, 6.07) is 9.87. The molecule has 2 aliphatic heterocycles. The van der Waals surface area contributed by atoms with Crippen molar-refractivity contribution < 1.29 is 9.47 Å². The maximum atomic E-state index is 13.1. The highest BCUT2D eigenvalue weighted by Crippen LogP contribution is 2.32. The summed E-state index contributed by atoms with van der Waals surface area (Å²) < 4.78 is 13.5. The van der Waals surface area contributed by atoms with Crippen LogP contribution in [0.25, 0.3) is 22.0 Å². The predicted octanol–water partition coefficient (Wildman–Crippen LogP) is 2.85. The Morgan fingerprint density at radius 3 is 2.70 bits per heavy atom. The second-order valence-corrected chi connectivity index (χ2v) is 7.26. The summed E-state index contributed by atoms with van der Waals surface area (Å²) >= 11 is 0. The van der Waals surface area contributed by atoms with E-state index in [9.17, 15) is 4.79 Å². The zero-order valence-corrected chi connectivity index (χ0v) is 15.3. The van der Waals surface area contributed by atoms with Gasteiger partial charge >= 0.3 is 0 Å². The van der Waals surface area contributed by atoms with Crippen LogP contribution in [-0.4, -0.2) is 33.5 Å². The van der Waals surface area contributed by atoms with Crippen LogP contribution in [-0.2, 0) is 22.4 Å². The second kappa shape index (κ2) is 6.25. The molecule has 0 bridgehead atoms. The summed E-state index contributed by atoms with van der Waals surface area (Å²) in [5, 5.41) is 0.650. The van der Waals surface area contributed by atoms with Crippen LogP contribution in [0.15, 0.2) is 41.3 Å². The van der Waals surface area contributed by atoms with Gasteiger partial charge in [-0.25, -0.2) is 4.98 Å². The molecule has 0 unspecified atom stereocenters. The summed E-state index contributed by atoms with van der Waals surface area (Å²) in [7, 11) is 0. The zero-order chi connectivity index (χ0) is 18.4. The van der Waals surface area contributed by atoms with Gasteiger partial charge in [0, 0.05) is 37.7 Å². The third-order valence-corrected chi connectivity index (χ3v) is 5.52. The second-order valence-electron chi connectivity index (χ2n) is 7.26. The molecule has 1 saturated heterocycles. The maximum absolute atomic E-state index is 13.1. The first-order chi connectivity index (χ1) is 13.1. The molecule has 0 amide bonds. The van der Waals surface area contributed by atoms with Gasteiger partial charge in [-0.05, 0) is 42.3 Å². The number of pyridine rings is 1. The van der Waals surface area contributed by atoms with Gasteiger partial charge < -0.3 is 9.47 Å². The molecule has 6 heteroatoms. The number of fused-ring (bicyclic) bond motifs is 2. The van der Waals surface area contributed by atoms with Gasteiger partial charge in [-0.15, -0.1) is 0 Å². The normalized spacial score (nSPS) is 18.6. The van der Waals surface area contributed by atoms with Gasteiger partial charge in [0.1, 0.15) is 5.82 Å². The van der Waals surface area contributed by atoms with E-state index in [1.807, 2.05) is 37.3 Å². The number of nitrogens with zero attached hydrogens (tertiary/aromatic N) is 3. The number of hydrogen-bond donors (Lipinski definition) is 0. The first kappa shape index (κ1) is 16.6. The first-order valence-corrected chi connectivity index (χ1v) is 9.38. The van der Waals surface area contributed by atoms with Crippen molar-refractivity contribution in [1.29, 1.82) is 0 Å². The lowest BCUT2D eigenvalue weighted by molar-refractivity contribution is -0.165. The monoisotopic (exact) mass is 363 g/mol. The standard InChI is InChI=1S/C21H21N3O3/c1-14-12-16(5-8-22-14)15-2-3-17-18(13-15)23-19-4-6-21(26-10-11-27-21)7-9-24(19)20(17)25/h2-3,5,8,12-13H,4,6-7,9-11H2,1H3. The molecule has 0 N–H and O–H groups in total. The van der Waals surface area contributed by atoms with Crippen molar-refractivity contribution in [3.63, 3.8) is 0 Å². The number of hydrogen-bond acceptors (Lipinski definition) is 5. The molecule has 138 valence electrons. The number of ether oxygens (including phenoxy) is 2. The number of benzene rings is 1. The quantitative estimate of drug-likeness (QED) is 0.665. The lowest BCUT2D eigenvalue weighted by atomic mass is 10.0. The molecule has 0 aliphatic carbocycles. The Labute approximate surface area is 156 Å². The van der Waals surface area contributed by atoms with Gasteiger partial charge in [0.2, 0.25) is 0 Å². The average Bonchev–Trinajstić information content (AvgIpc) is 3.06. The summed E-state index contributed by atoms with van der Waals surface area (Å²) in [5.41, 5.74) is 3.83. The van der Waals surface area contributed by atoms with Crippen molar-refractivity contribution in [1.82, 2.24) is 14.5 Å². The Bertz CT molecular complexity index is 1080. The van der Waals surface area contributed by atoms with Gasteiger partial charge in [0.25, 0.3) is 5.56 Å². The van der Waals surface area contributed by atoms with Gasteiger partial charge in [-0.2, -0.15) is 0 Å². The van der Waals surface area contributed by atoms with Crippen LogP contribution in [0.5, 0.6) is 0 Å². The smallest absolute Gasteiger partial charge is 0.261 e. The van der Waals surface area contributed by atoms with Crippen LogP contribution in [0, 0.1) is 6.92 Å². The molecule has 2 aromatic heterocycles. The first-order valence-electron chi connectivity index (χ1n) is 9.38. The molecule has 1 aromatic carbocycles. The number of rotatable bonds is 1. The van der Waals surface area contributed by atoms with E-state index in [0.29, 0.717) is 38.0 Å². The molecule has 1 spiro atoms. The van der Waals surface area contributed by atoms with Gasteiger partial charge in [-0.1, -0.05) is 6.07 Å². The lowest BCUT2D eigenvalue weighted by Crippen LogP contribution is -2.31. The topological polar surface area (TPSA) is 66.2 Å². The highest BCUT2D eigenvalue weighted by molar-refractivity contribution is 5.83. The molecular formula is C21H21N3O3. The maximum Gasteiger partial charge on any atom is 0.261 e. The van der Waals surface area contributed by atoms with E-state index >= 15 is 0 Å². The molecule has 3 aromatic rings. The summed E-state index contributed by atoms with van der Waals surface area (Å²) in [6.45, 7) is 3.78. The Morgan fingerprint density at radius 1 is 1.07 bits per heavy atom. The van der Waals surface area contributed by atoms with Crippen molar-refractivity contribution in [2.24, 2.45) is 0 Å². The van der Waals surface area contributed by atoms with Crippen LogP contribution in [0.3, 0.4) is 0 Å². The summed E-state index contributed by atoms with van der Waals surface area (Å²) in [6.07, 6.45) is 3.88. The fourth-order valence-electron chi connectivity index (χ4n) is 4.09. The molecule has 27 heavy (non-hydrogen) atoms. The Kier molecular flexibility index (Phi) is 3.84. The molecule has 0 atom stereocenters. The van der Waals surface area contributed by atoms with E-state index in [1.54, 1.807) is 10.8 Å². The molecule has 5 rings (SSSR count). The third-order valence-electron chi connectivity index (χ3n) is 5.52. The van der Waals surface area contributed by atoms with Crippen LogP contribution >= 0.6 is 0 Å². The number of aromatic nitrogens is 3. The minimum atomic E-state index is -0.550. The molecule has 6 nitrogen and oxygen atoms in total. The molecule has 0 radical (unpaired) electrons. The van der Waals surface area contributed by atoms with Gasteiger partial charge in [0.15, 0.2) is 5.79 Å². The summed E-state index contributed by atoms with van der Waals surface area (Å²) in [5.74, 6) is 0.262. The zero-order valence-electron chi connectivity index (χ0n) is 15.3. The summed E-state index contributed by atoms with van der Waals surface area (Å²) in [4.78, 5) is 22.2. The van der Waals surface area contributed by atoms with E-state index < -0.39 is 5.79 Å². The third kappa shape index (κ3) is 2.85. The minimum absolute atomic E-state index is 0.0162. The van der Waals surface area contributed by atoms with Crippen LogP contribution in [0.2, 0.25) is 0 Å². The molecule has 1 fully saturated rings. The van der Waals surface area contributed by atoms with Crippen LogP contribution < -0.4 is 5.56 Å². The van der Waals surface area contributed by atoms with Crippen molar-refractivity contribution in [2.75, 3.05) is 13.2 Å². The predicted molar refractivity (Wildman–Crippen MR) is 102 cm³/mol. The Balaban J connectivity index is 1.59. The lowest BCUT2D eigenvalue weighted by Gasteiger charge is -2.24.